The Hall–Kier alpha value is -1.68. The van der Waals surface area contributed by atoms with Crippen LogP contribution in [0.15, 0.2) is 31.0 Å². The molecule has 0 aliphatic rings. The van der Waals surface area contributed by atoms with E-state index in [4.69, 9.17) is 5.73 Å². The molecular formula is C13H18N4. The predicted octanol–water partition coefficient (Wildman–Crippen LogP) is 1.83. The van der Waals surface area contributed by atoms with Gasteiger partial charge in [-0.2, -0.15) is 0 Å². The highest BCUT2D eigenvalue weighted by Crippen LogP contribution is 2.18. The van der Waals surface area contributed by atoms with E-state index in [0.29, 0.717) is 0 Å². The lowest BCUT2D eigenvalue weighted by Crippen LogP contribution is -2.31. The van der Waals surface area contributed by atoms with Crippen molar-refractivity contribution in [2.24, 2.45) is 5.73 Å². The number of nitrogens with zero attached hydrogens (tertiary/aromatic N) is 3. The zero-order chi connectivity index (χ0) is 12.5. The van der Waals surface area contributed by atoms with Gasteiger partial charge < -0.3 is 10.3 Å². The Bertz CT molecular complexity index is 508. The molecule has 4 heteroatoms. The predicted molar refractivity (Wildman–Crippen MR) is 67.5 cm³/mol. The lowest BCUT2D eigenvalue weighted by molar-refractivity contribution is 0.503. The van der Waals surface area contributed by atoms with Crippen molar-refractivity contribution in [2.75, 3.05) is 0 Å². The minimum atomic E-state index is -0.382. The summed E-state index contributed by atoms with van der Waals surface area (Å²) in [6, 6.07) is 2.01. The summed E-state index contributed by atoms with van der Waals surface area (Å²) in [6.07, 6.45) is 7.34. The molecule has 2 aromatic heterocycles. The van der Waals surface area contributed by atoms with Crippen molar-refractivity contribution in [2.45, 2.75) is 32.9 Å². The van der Waals surface area contributed by atoms with Gasteiger partial charge in [0.25, 0.3) is 0 Å². The molecule has 17 heavy (non-hydrogen) atoms. The van der Waals surface area contributed by atoms with Crippen LogP contribution < -0.4 is 5.73 Å². The van der Waals surface area contributed by atoms with E-state index in [9.17, 15) is 0 Å². The quantitative estimate of drug-likeness (QED) is 0.875. The summed E-state index contributed by atoms with van der Waals surface area (Å²) in [5, 5.41) is 0. The van der Waals surface area contributed by atoms with Crippen LogP contribution in [0.25, 0.3) is 0 Å². The maximum absolute atomic E-state index is 6.12. The third-order valence-electron chi connectivity index (χ3n) is 2.86. The summed E-state index contributed by atoms with van der Waals surface area (Å²) in [5.74, 6) is 0. The van der Waals surface area contributed by atoms with Crippen molar-refractivity contribution in [3.8, 4) is 0 Å². The summed E-state index contributed by atoms with van der Waals surface area (Å²) in [5.41, 5.74) is 9.19. The third-order valence-corrected chi connectivity index (χ3v) is 2.86. The van der Waals surface area contributed by atoms with Crippen molar-refractivity contribution in [1.82, 2.24) is 14.5 Å². The Morgan fingerprint density at radius 1 is 1.29 bits per heavy atom. The van der Waals surface area contributed by atoms with Gasteiger partial charge in [-0.3, -0.25) is 4.98 Å². The Balaban J connectivity index is 2.32. The molecule has 0 aromatic carbocycles. The first-order valence-corrected chi connectivity index (χ1v) is 5.67. The second-order valence-corrected chi connectivity index (χ2v) is 4.93. The van der Waals surface area contributed by atoms with Crippen molar-refractivity contribution in [3.05, 3.63) is 47.8 Å². The lowest BCUT2D eigenvalue weighted by atomic mass is 10.0. The smallest absolute Gasteiger partial charge is 0.0951 e. The van der Waals surface area contributed by atoms with Gasteiger partial charge >= 0.3 is 0 Å². The molecule has 0 aliphatic carbocycles. The van der Waals surface area contributed by atoms with E-state index in [0.717, 1.165) is 12.2 Å². The summed E-state index contributed by atoms with van der Waals surface area (Å²) >= 11 is 0. The Labute approximate surface area is 102 Å². The zero-order valence-electron chi connectivity index (χ0n) is 10.5. The molecule has 0 bridgehead atoms. The first-order chi connectivity index (χ1) is 7.98. The van der Waals surface area contributed by atoms with Gasteiger partial charge in [0.15, 0.2) is 0 Å². The fourth-order valence-corrected chi connectivity index (χ4v) is 1.83. The van der Waals surface area contributed by atoms with Crippen LogP contribution in [0.1, 0.15) is 30.7 Å². The minimum Gasteiger partial charge on any atom is -0.328 e. The molecule has 4 nitrogen and oxygen atoms in total. The van der Waals surface area contributed by atoms with Crippen LogP contribution >= 0.6 is 0 Å². The van der Waals surface area contributed by atoms with Crippen LogP contribution in [0.5, 0.6) is 0 Å². The van der Waals surface area contributed by atoms with Gasteiger partial charge in [0.2, 0.25) is 0 Å². The number of aromatic nitrogens is 3. The van der Waals surface area contributed by atoms with E-state index in [-0.39, 0.29) is 5.54 Å². The molecule has 2 N–H and O–H groups in total. The molecule has 0 aliphatic heterocycles. The molecular weight excluding hydrogens is 212 g/mol. The number of nitrogens with two attached hydrogens (primary N) is 1. The van der Waals surface area contributed by atoms with Crippen LogP contribution in [-0.4, -0.2) is 14.5 Å². The van der Waals surface area contributed by atoms with Crippen molar-refractivity contribution < 1.29 is 0 Å². The second-order valence-electron chi connectivity index (χ2n) is 4.93. The van der Waals surface area contributed by atoms with Gasteiger partial charge in [-0.05, 0) is 38.0 Å². The van der Waals surface area contributed by atoms with E-state index in [2.05, 4.69) is 21.5 Å². The molecule has 0 fully saturated rings. The molecule has 0 saturated heterocycles. The van der Waals surface area contributed by atoms with E-state index in [1.54, 1.807) is 6.20 Å². The average molecular weight is 230 g/mol. The van der Waals surface area contributed by atoms with Crippen molar-refractivity contribution in [1.29, 1.82) is 0 Å². The summed E-state index contributed by atoms with van der Waals surface area (Å²) in [6.45, 7) is 6.81. The standard InChI is InChI=1S/C13H18N4/c1-10-4-5-15-6-11(10)8-17-9-16-7-12(17)13(2,3)14/h4-7,9H,8,14H2,1-3H3. The Kier molecular flexibility index (Phi) is 2.98. The first-order valence-electron chi connectivity index (χ1n) is 5.67. The molecule has 0 radical (unpaired) electrons. The highest BCUT2D eigenvalue weighted by Gasteiger charge is 2.19. The maximum atomic E-state index is 6.12. The van der Waals surface area contributed by atoms with Gasteiger partial charge in [0, 0.05) is 18.6 Å². The van der Waals surface area contributed by atoms with E-state index < -0.39 is 0 Å². The second kappa shape index (κ2) is 4.30. The number of rotatable bonds is 3. The molecule has 0 saturated carbocycles. The van der Waals surface area contributed by atoms with E-state index >= 15 is 0 Å². The molecule has 0 atom stereocenters. The number of aryl methyl sites for hydroxylation is 1. The van der Waals surface area contributed by atoms with Crippen molar-refractivity contribution >= 4 is 0 Å². The molecule has 2 rings (SSSR count). The minimum absolute atomic E-state index is 0.382. The van der Waals surface area contributed by atoms with Crippen LogP contribution in [0, 0.1) is 6.92 Å². The fraction of sp³-hybridized carbons (Fsp3) is 0.385. The van der Waals surface area contributed by atoms with Crippen LogP contribution in [0.4, 0.5) is 0 Å². The monoisotopic (exact) mass is 230 g/mol. The van der Waals surface area contributed by atoms with Crippen molar-refractivity contribution in [3.63, 3.8) is 0 Å². The SMILES string of the molecule is Cc1ccncc1Cn1cncc1C(C)(C)N. The average Bonchev–Trinajstić information content (AvgIpc) is 2.69. The molecule has 0 spiro atoms. The van der Waals surface area contributed by atoms with Gasteiger partial charge in [-0.1, -0.05) is 0 Å². The number of pyridine rings is 1. The number of imidazole rings is 1. The fourth-order valence-electron chi connectivity index (χ4n) is 1.83. The highest BCUT2D eigenvalue weighted by atomic mass is 15.1. The van der Waals surface area contributed by atoms with Gasteiger partial charge in [-0.15, -0.1) is 0 Å². The number of hydrogen-bond acceptors (Lipinski definition) is 3. The zero-order valence-corrected chi connectivity index (χ0v) is 10.5. The van der Waals surface area contributed by atoms with Gasteiger partial charge in [0.05, 0.1) is 24.1 Å². The Morgan fingerprint density at radius 2 is 2.06 bits per heavy atom. The highest BCUT2D eigenvalue weighted by molar-refractivity contribution is 5.23. The lowest BCUT2D eigenvalue weighted by Gasteiger charge is -2.21. The van der Waals surface area contributed by atoms with E-state index in [1.807, 2.05) is 38.6 Å². The Morgan fingerprint density at radius 3 is 2.71 bits per heavy atom. The summed E-state index contributed by atoms with van der Waals surface area (Å²) < 4.78 is 2.07. The van der Waals surface area contributed by atoms with Crippen LogP contribution in [0.2, 0.25) is 0 Å². The first kappa shape index (κ1) is 11.8. The van der Waals surface area contributed by atoms with Gasteiger partial charge in [-0.25, -0.2) is 4.98 Å². The molecule has 0 unspecified atom stereocenters. The summed E-state index contributed by atoms with van der Waals surface area (Å²) in [4.78, 5) is 8.33. The summed E-state index contributed by atoms with van der Waals surface area (Å²) in [7, 11) is 0. The maximum Gasteiger partial charge on any atom is 0.0951 e. The van der Waals surface area contributed by atoms with Crippen LogP contribution in [0.3, 0.4) is 0 Å². The molecule has 2 aromatic rings. The third kappa shape index (κ3) is 2.53. The molecule has 0 amide bonds. The largest absolute Gasteiger partial charge is 0.328 e. The van der Waals surface area contributed by atoms with Crippen LogP contribution in [-0.2, 0) is 12.1 Å². The van der Waals surface area contributed by atoms with Gasteiger partial charge in [0.1, 0.15) is 0 Å². The number of hydrogen-bond donors (Lipinski definition) is 1. The topological polar surface area (TPSA) is 56.7 Å². The molecule has 90 valence electrons. The van der Waals surface area contributed by atoms with E-state index in [1.165, 1.54) is 11.1 Å². The molecule has 2 heterocycles. The normalized spacial score (nSPS) is 11.8.